The monoisotopic (exact) mass is 461 g/mol. The number of anilines is 1. The Morgan fingerprint density at radius 2 is 1.91 bits per heavy atom. The molecular weight excluding hydrogens is 430 g/mol. The van der Waals surface area contributed by atoms with Crippen LogP contribution in [0.15, 0.2) is 30.3 Å². The van der Waals surface area contributed by atoms with Crippen LogP contribution in [0.5, 0.6) is 0 Å². The average Bonchev–Trinajstić information content (AvgIpc) is 2.75. The molecule has 1 heterocycles. The van der Waals surface area contributed by atoms with E-state index in [1.54, 1.807) is 24.3 Å². The van der Waals surface area contributed by atoms with Crippen LogP contribution >= 0.6 is 0 Å². The number of nitrogens with zero attached hydrogens (tertiary/aromatic N) is 2. The zero-order chi connectivity index (χ0) is 22.7. The van der Waals surface area contributed by atoms with Gasteiger partial charge in [0.05, 0.1) is 17.6 Å². The first-order chi connectivity index (χ1) is 15.2. The minimum absolute atomic E-state index is 0.00499. The van der Waals surface area contributed by atoms with E-state index in [4.69, 9.17) is 0 Å². The van der Waals surface area contributed by atoms with Gasteiger partial charge in [0.15, 0.2) is 0 Å². The molecule has 4 bridgehead atoms. The van der Waals surface area contributed by atoms with E-state index in [0.29, 0.717) is 37.5 Å². The Kier molecular flexibility index (Phi) is 5.24. The van der Waals surface area contributed by atoms with Gasteiger partial charge in [-0.25, -0.2) is 0 Å². The number of benzene rings is 1. The van der Waals surface area contributed by atoms with Crippen molar-refractivity contribution in [3.8, 4) is 0 Å². The highest BCUT2D eigenvalue weighted by Crippen LogP contribution is 2.62. The molecule has 0 spiro atoms. The summed E-state index contributed by atoms with van der Waals surface area (Å²) in [5.74, 6) is -0.277. The van der Waals surface area contributed by atoms with Gasteiger partial charge in [-0.1, -0.05) is 25.1 Å². The molecule has 1 amide bonds. The molecule has 4 aliphatic carbocycles. The van der Waals surface area contributed by atoms with Crippen LogP contribution in [0.25, 0.3) is 0 Å². The Balaban J connectivity index is 1.29. The van der Waals surface area contributed by atoms with Gasteiger partial charge in [0, 0.05) is 19.1 Å². The number of carbonyl (C=O) groups is 2. The second-order valence-electron chi connectivity index (χ2n) is 10.1. The highest BCUT2D eigenvalue weighted by atomic mass is 32.2. The highest BCUT2D eigenvalue weighted by molar-refractivity contribution is 7.90. The molecule has 0 aromatic heterocycles. The van der Waals surface area contributed by atoms with E-state index >= 15 is 0 Å². The minimum Gasteiger partial charge on any atom is -0.481 e. The second-order valence-corrected chi connectivity index (χ2v) is 12.0. The van der Waals surface area contributed by atoms with E-state index < -0.39 is 21.6 Å². The SMILES string of the molecule is CC1C2CC3CC(CC1(C(=O)O)C3)C2NC(=O)CN1CCCN(c2ccccc2)S1(=O)=O. The van der Waals surface area contributed by atoms with Crippen LogP contribution in [0.2, 0.25) is 0 Å². The third kappa shape index (κ3) is 3.32. The molecule has 2 N–H and O–H groups in total. The Labute approximate surface area is 189 Å². The van der Waals surface area contributed by atoms with Gasteiger partial charge in [-0.15, -0.1) is 0 Å². The van der Waals surface area contributed by atoms with Gasteiger partial charge in [-0.2, -0.15) is 12.7 Å². The van der Waals surface area contributed by atoms with Crippen molar-refractivity contribution in [1.29, 1.82) is 0 Å². The standard InChI is InChI=1S/C23H31N3O5S/c1-15-19-11-16-10-17(13-23(15,12-16)22(28)29)21(19)24-20(27)14-25-8-5-9-26(32(25,30)31)18-6-3-2-4-7-18/h2-4,6-7,15-17,19,21H,5,8-14H2,1H3,(H,24,27)(H,28,29). The first kappa shape index (κ1) is 21.7. The van der Waals surface area contributed by atoms with Crippen molar-refractivity contribution >= 4 is 27.8 Å². The van der Waals surface area contributed by atoms with E-state index in [1.165, 1.54) is 8.61 Å². The molecule has 5 fully saturated rings. The van der Waals surface area contributed by atoms with Crippen LogP contribution in [-0.2, 0) is 19.8 Å². The van der Waals surface area contributed by atoms with Gasteiger partial charge in [0.1, 0.15) is 0 Å². The molecule has 6 unspecified atom stereocenters. The largest absolute Gasteiger partial charge is 0.481 e. The minimum atomic E-state index is -3.78. The van der Waals surface area contributed by atoms with Gasteiger partial charge in [-0.3, -0.25) is 13.9 Å². The maximum Gasteiger partial charge on any atom is 0.309 e. The van der Waals surface area contributed by atoms with Gasteiger partial charge < -0.3 is 10.4 Å². The van der Waals surface area contributed by atoms with Crippen molar-refractivity contribution in [2.75, 3.05) is 23.9 Å². The molecule has 1 saturated heterocycles. The maximum absolute atomic E-state index is 13.2. The molecule has 1 aliphatic heterocycles. The number of carboxylic acids is 1. The molecular formula is C23H31N3O5S. The fourth-order valence-electron chi connectivity index (χ4n) is 7.06. The molecule has 174 valence electrons. The third-order valence-electron chi connectivity index (χ3n) is 8.50. The van der Waals surface area contributed by atoms with Gasteiger partial charge in [0.2, 0.25) is 5.91 Å². The number of nitrogens with one attached hydrogen (secondary N) is 1. The number of rotatable bonds is 5. The molecule has 5 aliphatic rings. The average molecular weight is 462 g/mol. The number of hydrogen-bond acceptors (Lipinski definition) is 4. The molecule has 32 heavy (non-hydrogen) atoms. The first-order valence-electron chi connectivity index (χ1n) is 11.6. The Hall–Kier alpha value is -2.13. The summed E-state index contributed by atoms with van der Waals surface area (Å²) in [6.07, 6.45) is 3.90. The molecule has 1 aromatic rings. The zero-order valence-electron chi connectivity index (χ0n) is 18.3. The molecule has 0 radical (unpaired) electrons. The lowest BCUT2D eigenvalue weighted by atomic mass is 9.44. The summed E-state index contributed by atoms with van der Waals surface area (Å²) in [6, 6.07) is 8.89. The lowest BCUT2D eigenvalue weighted by Gasteiger charge is -2.61. The summed E-state index contributed by atoms with van der Waals surface area (Å²) in [4.78, 5) is 25.1. The summed E-state index contributed by atoms with van der Waals surface area (Å²) in [5, 5.41) is 13.1. The van der Waals surface area contributed by atoms with Gasteiger partial charge in [-0.05, 0) is 67.9 Å². The van der Waals surface area contributed by atoms with Crippen molar-refractivity contribution in [3.05, 3.63) is 30.3 Å². The summed E-state index contributed by atoms with van der Waals surface area (Å²) >= 11 is 0. The quantitative estimate of drug-likeness (QED) is 0.698. The topological polar surface area (TPSA) is 107 Å². The smallest absolute Gasteiger partial charge is 0.309 e. The molecule has 1 aromatic carbocycles. The fourth-order valence-corrected chi connectivity index (χ4v) is 8.72. The molecule has 6 atom stereocenters. The summed E-state index contributed by atoms with van der Waals surface area (Å²) in [5.41, 5.74) is -0.0594. The van der Waals surface area contributed by atoms with E-state index in [0.717, 1.165) is 19.3 Å². The van der Waals surface area contributed by atoms with Crippen LogP contribution in [0, 0.1) is 29.1 Å². The van der Waals surface area contributed by atoms with Gasteiger partial charge >= 0.3 is 16.2 Å². The van der Waals surface area contributed by atoms with E-state index in [-0.39, 0.29) is 36.2 Å². The van der Waals surface area contributed by atoms with Crippen LogP contribution < -0.4 is 9.62 Å². The molecule has 8 nitrogen and oxygen atoms in total. The van der Waals surface area contributed by atoms with Crippen LogP contribution in [-0.4, -0.2) is 55.4 Å². The van der Waals surface area contributed by atoms with Gasteiger partial charge in [0.25, 0.3) is 0 Å². The van der Waals surface area contributed by atoms with Crippen LogP contribution in [0.4, 0.5) is 5.69 Å². The third-order valence-corrected chi connectivity index (χ3v) is 10.4. The number of carboxylic acid groups (broad SMARTS) is 1. The van der Waals surface area contributed by atoms with Crippen molar-refractivity contribution in [1.82, 2.24) is 9.62 Å². The lowest BCUT2D eigenvalue weighted by molar-refractivity contribution is -0.180. The number of amides is 1. The number of hydrogen-bond donors (Lipinski definition) is 2. The number of aliphatic carboxylic acids is 1. The summed E-state index contributed by atoms with van der Waals surface area (Å²) in [6.45, 7) is 2.52. The Morgan fingerprint density at radius 3 is 2.62 bits per heavy atom. The fraction of sp³-hybridized carbons (Fsp3) is 0.652. The highest BCUT2D eigenvalue weighted by Gasteiger charge is 2.62. The van der Waals surface area contributed by atoms with E-state index in [1.807, 2.05) is 13.0 Å². The summed E-state index contributed by atoms with van der Waals surface area (Å²) in [7, 11) is -3.78. The number of carbonyl (C=O) groups excluding carboxylic acids is 1. The van der Waals surface area contributed by atoms with Crippen molar-refractivity contribution < 1.29 is 23.1 Å². The zero-order valence-corrected chi connectivity index (χ0v) is 19.1. The van der Waals surface area contributed by atoms with E-state index in [2.05, 4.69) is 5.32 Å². The Morgan fingerprint density at radius 1 is 1.16 bits per heavy atom. The van der Waals surface area contributed by atoms with Crippen molar-refractivity contribution in [3.63, 3.8) is 0 Å². The predicted octanol–water partition coefficient (Wildman–Crippen LogP) is 2.09. The summed E-state index contributed by atoms with van der Waals surface area (Å²) < 4.78 is 29.0. The van der Waals surface area contributed by atoms with Crippen molar-refractivity contribution in [2.24, 2.45) is 29.1 Å². The molecule has 6 rings (SSSR count). The Bertz CT molecular complexity index is 1020. The lowest BCUT2D eigenvalue weighted by Crippen LogP contribution is -2.65. The normalized spacial score (nSPS) is 37.9. The predicted molar refractivity (Wildman–Crippen MR) is 119 cm³/mol. The first-order valence-corrected chi connectivity index (χ1v) is 13.0. The van der Waals surface area contributed by atoms with E-state index in [9.17, 15) is 23.1 Å². The molecule has 9 heteroatoms. The number of para-hydroxylation sites is 1. The van der Waals surface area contributed by atoms with Crippen molar-refractivity contribution in [2.45, 2.75) is 45.1 Å². The second kappa shape index (κ2) is 7.73. The van der Waals surface area contributed by atoms with Crippen LogP contribution in [0.1, 0.15) is 39.0 Å². The molecule has 4 saturated carbocycles. The maximum atomic E-state index is 13.2. The van der Waals surface area contributed by atoms with Crippen LogP contribution in [0.3, 0.4) is 0 Å².